The summed E-state index contributed by atoms with van der Waals surface area (Å²) in [5, 5.41) is 4.68. The van der Waals surface area contributed by atoms with Gasteiger partial charge in [-0.2, -0.15) is 0 Å². The highest BCUT2D eigenvalue weighted by Gasteiger charge is 2.28. The summed E-state index contributed by atoms with van der Waals surface area (Å²) >= 11 is 1.89. The van der Waals surface area contributed by atoms with Crippen molar-refractivity contribution in [2.24, 2.45) is 0 Å². The molecule has 0 amide bonds. The molecule has 1 aromatic heterocycles. The number of aromatic nitrogens is 1. The van der Waals surface area contributed by atoms with Crippen LogP contribution < -0.4 is 5.32 Å². The number of hydrogen-bond acceptors (Lipinski definition) is 5. The highest BCUT2D eigenvalue weighted by molar-refractivity contribution is 7.11. The molecule has 0 saturated carbocycles. The molecule has 2 heterocycles. The van der Waals surface area contributed by atoms with Gasteiger partial charge in [0.05, 0.1) is 12.3 Å². The highest BCUT2D eigenvalue weighted by atomic mass is 32.1. The number of morpholine rings is 1. The Morgan fingerprint density at radius 3 is 3.20 bits per heavy atom. The fraction of sp³-hybridized carbons (Fsp3) is 0.800. The molecule has 5 heteroatoms. The van der Waals surface area contributed by atoms with Crippen molar-refractivity contribution in [2.45, 2.75) is 38.2 Å². The molecule has 1 aromatic rings. The molecule has 1 N–H and O–H groups in total. The summed E-state index contributed by atoms with van der Waals surface area (Å²) in [5.74, 6) is 0.602. The van der Waals surface area contributed by atoms with Gasteiger partial charge in [-0.25, -0.2) is 4.98 Å². The number of hydrogen-bond donors (Lipinski definition) is 1. The van der Waals surface area contributed by atoms with E-state index in [1.165, 1.54) is 34.8 Å². The van der Waals surface area contributed by atoms with Crippen LogP contribution in [0.15, 0.2) is 0 Å². The Hall–Kier alpha value is -0.490. The topological polar surface area (TPSA) is 37.4 Å². The number of thiazole rings is 1. The molecule has 1 aliphatic carbocycles. The molecule has 0 spiro atoms. The number of likely N-dealkylation sites (N-methyl/N-ethyl adjacent to an activating group) is 2. The van der Waals surface area contributed by atoms with Crippen LogP contribution in [0.4, 0.5) is 0 Å². The predicted molar refractivity (Wildman–Crippen MR) is 82.5 cm³/mol. The Balaban J connectivity index is 1.76. The summed E-state index contributed by atoms with van der Waals surface area (Å²) in [5.41, 5.74) is 1.36. The molecule has 0 aromatic carbocycles. The van der Waals surface area contributed by atoms with Crippen molar-refractivity contribution < 1.29 is 4.74 Å². The molecular weight excluding hydrogens is 270 g/mol. The van der Waals surface area contributed by atoms with Crippen LogP contribution >= 0.6 is 11.3 Å². The first kappa shape index (κ1) is 14.4. The quantitative estimate of drug-likeness (QED) is 0.924. The molecule has 2 atom stereocenters. The summed E-state index contributed by atoms with van der Waals surface area (Å²) in [6.45, 7) is 7.11. The van der Waals surface area contributed by atoms with Crippen LogP contribution in [0.1, 0.15) is 47.4 Å². The van der Waals surface area contributed by atoms with Gasteiger partial charge in [0, 0.05) is 30.4 Å². The predicted octanol–water partition coefficient (Wildman–Crippen LogP) is 2.18. The van der Waals surface area contributed by atoms with Gasteiger partial charge in [0.1, 0.15) is 11.1 Å². The van der Waals surface area contributed by atoms with Crippen LogP contribution in [0.5, 0.6) is 0 Å². The molecule has 3 rings (SSSR count). The fourth-order valence-electron chi connectivity index (χ4n) is 3.11. The number of nitrogens with one attached hydrogen (secondary N) is 1. The first-order valence-electron chi connectivity index (χ1n) is 7.78. The third-order valence-corrected chi connectivity index (χ3v) is 5.50. The largest absolute Gasteiger partial charge is 0.368 e. The molecule has 0 bridgehead atoms. The maximum atomic E-state index is 5.92. The Labute approximate surface area is 125 Å². The monoisotopic (exact) mass is 295 g/mol. The zero-order valence-corrected chi connectivity index (χ0v) is 13.3. The minimum Gasteiger partial charge on any atom is -0.368 e. The molecule has 0 radical (unpaired) electrons. The molecular formula is C15H25N3OS. The molecule has 2 unspecified atom stereocenters. The van der Waals surface area contributed by atoms with Gasteiger partial charge in [0.15, 0.2) is 0 Å². The van der Waals surface area contributed by atoms with E-state index in [1.807, 2.05) is 11.3 Å². The number of aryl methyl sites for hydroxylation is 1. The zero-order chi connectivity index (χ0) is 13.9. The van der Waals surface area contributed by atoms with E-state index in [0.717, 1.165) is 32.8 Å². The average molecular weight is 295 g/mol. The molecule has 2 aliphatic rings. The van der Waals surface area contributed by atoms with Crippen molar-refractivity contribution in [3.63, 3.8) is 0 Å². The molecule has 1 fully saturated rings. The van der Waals surface area contributed by atoms with Crippen molar-refractivity contribution in [2.75, 3.05) is 39.8 Å². The first-order chi connectivity index (χ1) is 9.78. The van der Waals surface area contributed by atoms with Gasteiger partial charge in [-0.05, 0) is 32.9 Å². The van der Waals surface area contributed by atoms with Crippen LogP contribution in [0.3, 0.4) is 0 Å². The van der Waals surface area contributed by atoms with E-state index in [1.54, 1.807) is 0 Å². The van der Waals surface area contributed by atoms with Crippen molar-refractivity contribution in [3.8, 4) is 0 Å². The zero-order valence-electron chi connectivity index (χ0n) is 12.5. The third kappa shape index (κ3) is 3.06. The average Bonchev–Trinajstić information content (AvgIpc) is 2.89. The maximum Gasteiger partial charge on any atom is 0.123 e. The third-order valence-electron chi connectivity index (χ3n) is 4.27. The number of ether oxygens (including phenoxy) is 1. The SMILES string of the molecule is CCNCC1CCCc2sc(C3CN(C)CCO3)nc21. The number of fused-ring (bicyclic) bond motifs is 1. The van der Waals surface area contributed by atoms with Crippen LogP contribution in [0, 0.1) is 0 Å². The molecule has 4 nitrogen and oxygen atoms in total. The van der Waals surface area contributed by atoms with Gasteiger partial charge in [-0.1, -0.05) is 6.92 Å². The second-order valence-corrected chi connectivity index (χ2v) is 6.99. The second-order valence-electron chi connectivity index (χ2n) is 5.88. The van der Waals surface area contributed by atoms with Gasteiger partial charge in [-0.15, -0.1) is 11.3 Å². The van der Waals surface area contributed by atoms with E-state index in [-0.39, 0.29) is 6.10 Å². The smallest absolute Gasteiger partial charge is 0.123 e. The van der Waals surface area contributed by atoms with Gasteiger partial charge in [0.25, 0.3) is 0 Å². The summed E-state index contributed by atoms with van der Waals surface area (Å²) in [6.07, 6.45) is 3.97. The summed E-state index contributed by atoms with van der Waals surface area (Å²) in [6, 6.07) is 0. The van der Waals surface area contributed by atoms with Crippen LogP contribution in [0.2, 0.25) is 0 Å². The van der Waals surface area contributed by atoms with Crippen LogP contribution in [-0.2, 0) is 11.2 Å². The standard InChI is InChI=1S/C15H25N3OS/c1-3-16-9-11-5-4-6-13-14(11)17-15(20-13)12-10-18(2)7-8-19-12/h11-12,16H,3-10H2,1-2H3. The fourth-order valence-corrected chi connectivity index (χ4v) is 4.34. The Kier molecular flexibility index (Phi) is 4.71. The van der Waals surface area contributed by atoms with Crippen molar-refractivity contribution in [1.82, 2.24) is 15.2 Å². The summed E-state index contributed by atoms with van der Waals surface area (Å²) < 4.78 is 5.92. The van der Waals surface area contributed by atoms with E-state index in [9.17, 15) is 0 Å². The van der Waals surface area contributed by atoms with Gasteiger partial charge < -0.3 is 15.0 Å². The molecule has 1 aliphatic heterocycles. The Morgan fingerprint density at radius 1 is 1.50 bits per heavy atom. The Bertz CT molecular complexity index is 448. The van der Waals surface area contributed by atoms with E-state index in [2.05, 4.69) is 24.2 Å². The minimum atomic E-state index is 0.184. The van der Waals surface area contributed by atoms with Gasteiger partial charge in [-0.3, -0.25) is 0 Å². The second kappa shape index (κ2) is 6.52. The van der Waals surface area contributed by atoms with E-state index in [4.69, 9.17) is 9.72 Å². The van der Waals surface area contributed by atoms with Gasteiger partial charge in [0.2, 0.25) is 0 Å². The number of nitrogens with zero attached hydrogens (tertiary/aromatic N) is 2. The van der Waals surface area contributed by atoms with Crippen LogP contribution in [0.25, 0.3) is 0 Å². The van der Waals surface area contributed by atoms with Crippen molar-refractivity contribution >= 4 is 11.3 Å². The highest BCUT2D eigenvalue weighted by Crippen LogP contribution is 2.37. The van der Waals surface area contributed by atoms with E-state index < -0.39 is 0 Å². The molecule has 1 saturated heterocycles. The normalized spacial score (nSPS) is 27.5. The van der Waals surface area contributed by atoms with Crippen molar-refractivity contribution in [1.29, 1.82) is 0 Å². The lowest BCUT2D eigenvalue weighted by Gasteiger charge is -2.28. The summed E-state index contributed by atoms with van der Waals surface area (Å²) in [4.78, 5) is 8.81. The lowest BCUT2D eigenvalue weighted by Crippen LogP contribution is -2.35. The number of rotatable bonds is 4. The molecule has 112 valence electrons. The van der Waals surface area contributed by atoms with Crippen LogP contribution in [-0.4, -0.2) is 49.7 Å². The lowest BCUT2D eigenvalue weighted by molar-refractivity contribution is -0.0210. The van der Waals surface area contributed by atoms with Crippen molar-refractivity contribution in [3.05, 3.63) is 15.6 Å². The molecule has 20 heavy (non-hydrogen) atoms. The maximum absolute atomic E-state index is 5.92. The lowest BCUT2D eigenvalue weighted by atomic mass is 9.91. The summed E-state index contributed by atoms with van der Waals surface area (Å²) in [7, 11) is 2.16. The van der Waals surface area contributed by atoms with E-state index >= 15 is 0 Å². The Morgan fingerprint density at radius 2 is 2.40 bits per heavy atom. The van der Waals surface area contributed by atoms with E-state index in [0.29, 0.717) is 5.92 Å². The minimum absolute atomic E-state index is 0.184. The van der Waals surface area contributed by atoms with Gasteiger partial charge >= 0.3 is 0 Å². The first-order valence-corrected chi connectivity index (χ1v) is 8.60.